The number of nitrogens with zero attached hydrogens (tertiary/aromatic N) is 1. The van der Waals surface area contributed by atoms with Crippen molar-refractivity contribution >= 4 is 5.97 Å². The Labute approximate surface area is 110 Å². The molecule has 2 rings (SSSR count). The highest BCUT2D eigenvalue weighted by Crippen LogP contribution is 2.23. The number of aromatic amines is 1. The number of aromatic carboxylic acids is 1. The molecule has 0 fully saturated rings. The monoisotopic (exact) mass is 260 g/mol. The van der Waals surface area contributed by atoms with Gasteiger partial charge in [0.1, 0.15) is 0 Å². The van der Waals surface area contributed by atoms with E-state index in [-0.39, 0.29) is 11.1 Å². The summed E-state index contributed by atoms with van der Waals surface area (Å²) >= 11 is 0. The Bertz CT molecular complexity index is 657. The van der Waals surface area contributed by atoms with E-state index in [1.807, 2.05) is 12.1 Å². The van der Waals surface area contributed by atoms with Gasteiger partial charge in [-0.2, -0.15) is 0 Å². The third-order valence-electron chi connectivity index (χ3n) is 2.99. The van der Waals surface area contributed by atoms with Crippen LogP contribution in [0.3, 0.4) is 0 Å². The highest BCUT2D eigenvalue weighted by Gasteiger charge is 2.16. The molecule has 0 unspecified atom stereocenters. The summed E-state index contributed by atoms with van der Waals surface area (Å²) in [5, 5.41) is 9.04. The molecule has 2 aromatic rings. The number of hydrogen-bond donors (Lipinski definition) is 2. The van der Waals surface area contributed by atoms with Gasteiger partial charge in [-0.05, 0) is 23.1 Å². The van der Waals surface area contributed by atoms with Gasteiger partial charge in [0.25, 0.3) is 0 Å². The Morgan fingerprint density at radius 2 is 1.79 bits per heavy atom. The van der Waals surface area contributed by atoms with Crippen LogP contribution in [0.15, 0.2) is 35.3 Å². The maximum atomic E-state index is 11.7. The number of carboxylic acid groups (broad SMARTS) is 1. The minimum Gasteiger partial charge on any atom is -0.477 e. The fraction of sp³-hybridized carbons (Fsp3) is 0.286. The maximum Gasteiger partial charge on any atom is 0.354 e. The van der Waals surface area contributed by atoms with E-state index in [9.17, 15) is 9.59 Å². The Balaban J connectivity index is 2.52. The van der Waals surface area contributed by atoms with Crippen molar-refractivity contribution in [2.75, 3.05) is 0 Å². The SMILES string of the molecule is CC(C)(C)c1ccc(-n2c(C(=O)O)c[nH]c2=O)cc1. The number of imidazole rings is 1. The number of aromatic nitrogens is 2. The van der Waals surface area contributed by atoms with Crippen molar-refractivity contribution in [3.8, 4) is 5.69 Å². The molecule has 1 aromatic carbocycles. The molecule has 0 aliphatic carbocycles. The third kappa shape index (κ3) is 2.45. The van der Waals surface area contributed by atoms with E-state index in [1.54, 1.807) is 12.1 Å². The van der Waals surface area contributed by atoms with Gasteiger partial charge in [-0.3, -0.25) is 4.57 Å². The van der Waals surface area contributed by atoms with E-state index >= 15 is 0 Å². The lowest BCUT2D eigenvalue weighted by Gasteiger charge is -2.19. The van der Waals surface area contributed by atoms with Gasteiger partial charge in [0.2, 0.25) is 0 Å². The number of hydrogen-bond acceptors (Lipinski definition) is 2. The van der Waals surface area contributed by atoms with Crippen LogP contribution < -0.4 is 5.69 Å². The highest BCUT2D eigenvalue weighted by atomic mass is 16.4. The minimum atomic E-state index is -1.14. The quantitative estimate of drug-likeness (QED) is 0.868. The van der Waals surface area contributed by atoms with E-state index in [0.29, 0.717) is 5.69 Å². The van der Waals surface area contributed by atoms with Gasteiger partial charge in [-0.25, -0.2) is 9.59 Å². The van der Waals surface area contributed by atoms with Gasteiger partial charge >= 0.3 is 11.7 Å². The molecule has 2 N–H and O–H groups in total. The molecule has 5 nitrogen and oxygen atoms in total. The van der Waals surface area contributed by atoms with Crippen molar-refractivity contribution in [2.24, 2.45) is 0 Å². The lowest BCUT2D eigenvalue weighted by molar-refractivity contribution is 0.0688. The van der Waals surface area contributed by atoms with Crippen molar-refractivity contribution in [1.29, 1.82) is 0 Å². The number of carboxylic acids is 1. The first-order valence-corrected chi connectivity index (χ1v) is 5.95. The molecule has 0 amide bonds. The summed E-state index contributed by atoms with van der Waals surface area (Å²) < 4.78 is 1.15. The van der Waals surface area contributed by atoms with Gasteiger partial charge in [0.15, 0.2) is 5.69 Å². The van der Waals surface area contributed by atoms with Crippen molar-refractivity contribution in [2.45, 2.75) is 26.2 Å². The maximum absolute atomic E-state index is 11.7. The first-order valence-electron chi connectivity index (χ1n) is 5.95. The number of benzene rings is 1. The Morgan fingerprint density at radius 1 is 1.21 bits per heavy atom. The fourth-order valence-electron chi connectivity index (χ4n) is 1.89. The van der Waals surface area contributed by atoms with Crippen LogP contribution >= 0.6 is 0 Å². The molecule has 0 atom stereocenters. The molecule has 1 heterocycles. The standard InChI is InChI=1S/C14H16N2O3/c1-14(2,3)9-4-6-10(7-5-9)16-11(12(17)18)8-15-13(16)19/h4-8H,1-3H3,(H,15,19)(H,17,18). The summed E-state index contributed by atoms with van der Waals surface area (Å²) in [5.74, 6) is -1.14. The van der Waals surface area contributed by atoms with Crippen molar-refractivity contribution in [1.82, 2.24) is 9.55 Å². The summed E-state index contributed by atoms with van der Waals surface area (Å²) in [7, 11) is 0. The normalized spacial score (nSPS) is 11.5. The summed E-state index contributed by atoms with van der Waals surface area (Å²) in [6.07, 6.45) is 1.20. The lowest BCUT2D eigenvalue weighted by atomic mass is 9.87. The van der Waals surface area contributed by atoms with Gasteiger partial charge in [0.05, 0.1) is 5.69 Å². The predicted octanol–water partition coefficient (Wildman–Crippen LogP) is 2.16. The molecule has 0 aliphatic rings. The van der Waals surface area contributed by atoms with Crippen LogP contribution in [0.1, 0.15) is 36.8 Å². The van der Waals surface area contributed by atoms with E-state index < -0.39 is 11.7 Å². The summed E-state index contributed by atoms with van der Waals surface area (Å²) in [5.41, 5.74) is 1.14. The summed E-state index contributed by atoms with van der Waals surface area (Å²) in [6, 6.07) is 7.31. The molecule has 5 heteroatoms. The zero-order valence-electron chi connectivity index (χ0n) is 11.1. The molecule has 0 saturated heterocycles. The van der Waals surface area contributed by atoms with Crippen molar-refractivity contribution in [3.63, 3.8) is 0 Å². The zero-order chi connectivity index (χ0) is 14.2. The zero-order valence-corrected chi connectivity index (χ0v) is 11.1. The van der Waals surface area contributed by atoms with Crippen LogP contribution in [0, 0.1) is 0 Å². The molecule has 0 spiro atoms. The second-order valence-electron chi connectivity index (χ2n) is 5.42. The van der Waals surface area contributed by atoms with E-state index in [1.165, 1.54) is 6.20 Å². The van der Waals surface area contributed by atoms with Crippen molar-refractivity contribution < 1.29 is 9.90 Å². The Morgan fingerprint density at radius 3 is 2.26 bits per heavy atom. The van der Waals surface area contributed by atoms with E-state index in [2.05, 4.69) is 25.8 Å². The largest absolute Gasteiger partial charge is 0.477 e. The minimum absolute atomic E-state index is 0.0112. The number of rotatable bonds is 2. The molecule has 0 saturated carbocycles. The highest BCUT2D eigenvalue weighted by molar-refractivity contribution is 5.86. The fourth-order valence-corrected chi connectivity index (χ4v) is 1.89. The average molecular weight is 260 g/mol. The van der Waals surface area contributed by atoms with Gasteiger partial charge < -0.3 is 10.1 Å². The van der Waals surface area contributed by atoms with Crippen LogP contribution in [0.5, 0.6) is 0 Å². The number of nitrogens with one attached hydrogen (secondary N) is 1. The average Bonchev–Trinajstić information content (AvgIpc) is 2.70. The second kappa shape index (κ2) is 4.42. The molecule has 100 valence electrons. The molecule has 0 bridgehead atoms. The third-order valence-corrected chi connectivity index (χ3v) is 2.99. The first kappa shape index (κ1) is 13.1. The van der Waals surface area contributed by atoms with Gasteiger partial charge in [0, 0.05) is 6.20 Å². The lowest BCUT2D eigenvalue weighted by Crippen LogP contribution is -2.19. The molecular weight excluding hydrogens is 244 g/mol. The molecule has 0 aliphatic heterocycles. The van der Waals surface area contributed by atoms with Gasteiger partial charge in [-0.1, -0.05) is 32.9 Å². The summed E-state index contributed by atoms with van der Waals surface area (Å²) in [6.45, 7) is 6.27. The Hall–Kier alpha value is -2.30. The van der Waals surface area contributed by atoms with Crippen LogP contribution in [-0.4, -0.2) is 20.6 Å². The van der Waals surface area contributed by atoms with Crippen molar-refractivity contribution in [3.05, 3.63) is 52.2 Å². The molecule has 0 radical (unpaired) electrons. The summed E-state index contributed by atoms with van der Waals surface area (Å²) in [4.78, 5) is 25.1. The predicted molar refractivity (Wildman–Crippen MR) is 72.0 cm³/mol. The molecular formula is C14H16N2O3. The van der Waals surface area contributed by atoms with E-state index in [4.69, 9.17) is 5.11 Å². The van der Waals surface area contributed by atoms with Crippen LogP contribution in [0.2, 0.25) is 0 Å². The Kier molecular flexibility index (Phi) is 3.06. The van der Waals surface area contributed by atoms with Crippen LogP contribution in [0.4, 0.5) is 0 Å². The smallest absolute Gasteiger partial charge is 0.354 e. The first-order chi connectivity index (χ1) is 8.80. The van der Waals surface area contributed by atoms with Crippen LogP contribution in [-0.2, 0) is 5.41 Å². The molecule has 1 aromatic heterocycles. The van der Waals surface area contributed by atoms with E-state index in [0.717, 1.165) is 10.1 Å². The second-order valence-corrected chi connectivity index (χ2v) is 5.42. The number of carbonyl (C=O) groups is 1. The number of H-pyrrole nitrogens is 1. The van der Waals surface area contributed by atoms with Crippen LogP contribution in [0.25, 0.3) is 5.69 Å². The molecule has 19 heavy (non-hydrogen) atoms. The van der Waals surface area contributed by atoms with Gasteiger partial charge in [-0.15, -0.1) is 0 Å². The topological polar surface area (TPSA) is 75.1 Å².